The smallest absolute Gasteiger partial charge is 0.270 e. The Morgan fingerprint density at radius 3 is 2.62 bits per heavy atom. The minimum Gasteiger partial charge on any atom is -0.347 e. The summed E-state index contributed by atoms with van der Waals surface area (Å²) in [5.74, 6) is -0.733. The van der Waals surface area contributed by atoms with Gasteiger partial charge >= 0.3 is 0 Å². The van der Waals surface area contributed by atoms with Gasteiger partial charge in [-0.25, -0.2) is 12.8 Å². The first kappa shape index (κ1) is 15.9. The van der Waals surface area contributed by atoms with Crippen molar-refractivity contribution in [3.63, 3.8) is 0 Å². The van der Waals surface area contributed by atoms with Gasteiger partial charge in [0.05, 0.1) is 6.54 Å². The second kappa shape index (κ2) is 6.13. The Balaban J connectivity index is 2.04. The summed E-state index contributed by atoms with van der Waals surface area (Å²) in [5, 5.41) is 2.64. The normalized spacial score (nSPS) is 11.4. The van der Waals surface area contributed by atoms with E-state index in [1.54, 1.807) is 13.0 Å². The average Bonchev–Trinajstić information content (AvgIpc) is 2.88. The first-order chi connectivity index (χ1) is 9.77. The molecule has 0 radical (unpaired) electrons. The molecule has 21 heavy (non-hydrogen) atoms. The van der Waals surface area contributed by atoms with E-state index in [0.29, 0.717) is 16.0 Å². The Morgan fingerprint density at radius 1 is 1.33 bits per heavy atom. The summed E-state index contributed by atoms with van der Waals surface area (Å²) in [7, 11) is 1.48. The molecule has 1 aromatic carbocycles. The zero-order chi connectivity index (χ0) is 15.6. The highest BCUT2D eigenvalue weighted by molar-refractivity contribution is 8.15. The van der Waals surface area contributed by atoms with Gasteiger partial charge in [-0.3, -0.25) is 4.79 Å². The molecule has 2 aromatic rings. The molecule has 1 heterocycles. The van der Waals surface area contributed by atoms with Crippen LogP contribution in [-0.4, -0.2) is 14.3 Å². The van der Waals surface area contributed by atoms with Gasteiger partial charge in [0.2, 0.25) is 0 Å². The highest BCUT2D eigenvalue weighted by atomic mass is 35.7. The minimum absolute atomic E-state index is 0.0334. The molecule has 1 amide bonds. The van der Waals surface area contributed by atoms with Crippen molar-refractivity contribution in [2.75, 3.05) is 0 Å². The average molecular weight is 348 g/mol. The molecule has 0 saturated carbocycles. The lowest BCUT2D eigenvalue weighted by Crippen LogP contribution is -2.22. The second-order valence-corrected chi connectivity index (χ2v) is 8.27. The Labute approximate surface area is 130 Å². The maximum absolute atomic E-state index is 13.1. The number of carbonyl (C=O) groups excluding carboxylic acids is 1. The van der Waals surface area contributed by atoms with Crippen LogP contribution in [0, 0.1) is 12.7 Å². The van der Waals surface area contributed by atoms with Crippen LogP contribution < -0.4 is 5.32 Å². The van der Waals surface area contributed by atoms with Gasteiger partial charge in [0.1, 0.15) is 10.0 Å². The van der Waals surface area contributed by atoms with Gasteiger partial charge in [0.25, 0.3) is 15.0 Å². The van der Waals surface area contributed by atoms with Crippen molar-refractivity contribution < 1.29 is 17.6 Å². The van der Waals surface area contributed by atoms with Crippen LogP contribution >= 0.6 is 22.0 Å². The highest BCUT2D eigenvalue weighted by Gasteiger charge is 2.14. The molecule has 0 unspecified atom stereocenters. The first-order valence-electron chi connectivity index (χ1n) is 5.85. The number of halogens is 2. The van der Waals surface area contributed by atoms with Gasteiger partial charge in [-0.1, -0.05) is 0 Å². The molecule has 0 aliphatic rings. The fraction of sp³-hybridized carbons (Fsp3) is 0.154. The van der Waals surface area contributed by atoms with E-state index in [4.69, 9.17) is 10.7 Å². The van der Waals surface area contributed by atoms with E-state index in [0.717, 1.165) is 11.3 Å². The summed E-state index contributed by atoms with van der Waals surface area (Å²) >= 11 is 0.988. The van der Waals surface area contributed by atoms with Crippen molar-refractivity contribution in [1.29, 1.82) is 0 Å². The number of thiophene rings is 1. The fourth-order valence-corrected chi connectivity index (χ4v) is 3.70. The quantitative estimate of drug-likeness (QED) is 0.864. The first-order valence-corrected chi connectivity index (χ1v) is 8.97. The molecule has 4 nitrogen and oxygen atoms in total. The van der Waals surface area contributed by atoms with Gasteiger partial charge < -0.3 is 5.32 Å². The molecule has 2 rings (SSSR count). The predicted octanol–water partition coefficient (Wildman–Crippen LogP) is 3.05. The molecule has 0 saturated heterocycles. The van der Waals surface area contributed by atoms with Gasteiger partial charge in [0, 0.05) is 21.1 Å². The van der Waals surface area contributed by atoms with Crippen LogP contribution in [0.1, 0.15) is 20.8 Å². The third-order valence-corrected chi connectivity index (χ3v) is 5.90. The van der Waals surface area contributed by atoms with Crippen LogP contribution in [0.25, 0.3) is 0 Å². The van der Waals surface area contributed by atoms with Crippen LogP contribution in [0.4, 0.5) is 4.39 Å². The molecule has 0 atom stereocenters. The number of amides is 1. The Kier molecular flexibility index (Phi) is 4.65. The molecule has 0 aliphatic heterocycles. The molecular weight excluding hydrogens is 337 g/mol. The van der Waals surface area contributed by atoms with Gasteiger partial charge in [-0.15, -0.1) is 11.3 Å². The number of hydrogen-bond acceptors (Lipinski definition) is 4. The summed E-state index contributed by atoms with van der Waals surface area (Å²) in [6.07, 6.45) is 0. The summed E-state index contributed by atoms with van der Waals surface area (Å²) in [6.45, 7) is 1.75. The number of nitrogens with one attached hydrogen (secondary N) is 1. The van der Waals surface area contributed by atoms with E-state index >= 15 is 0 Å². The summed E-state index contributed by atoms with van der Waals surface area (Å²) in [5.41, 5.74) is 0.727. The molecule has 0 bridgehead atoms. The minimum atomic E-state index is -3.75. The number of benzene rings is 1. The second-order valence-electron chi connectivity index (χ2n) is 4.31. The Morgan fingerprint density at radius 2 is 2.05 bits per heavy atom. The maximum atomic E-state index is 13.1. The lowest BCUT2D eigenvalue weighted by atomic mass is 10.1. The van der Waals surface area contributed by atoms with Gasteiger partial charge in [0.15, 0.2) is 0 Å². The summed E-state index contributed by atoms with van der Waals surface area (Å²) in [6, 6.07) is 7.04. The SMILES string of the molecule is Cc1cc(C(=O)NCc2ccc(S(=O)(=O)Cl)s2)ccc1F. The molecule has 8 heteroatoms. The maximum Gasteiger partial charge on any atom is 0.270 e. The molecule has 0 spiro atoms. The van der Waals surface area contributed by atoms with Crippen LogP contribution in [0.2, 0.25) is 0 Å². The molecular formula is C13H11ClFNO3S2. The number of aryl methyl sites for hydroxylation is 1. The molecule has 112 valence electrons. The number of carbonyl (C=O) groups is 1. The number of rotatable bonds is 4. The van der Waals surface area contributed by atoms with Gasteiger partial charge in [-0.05, 0) is 42.8 Å². The third-order valence-electron chi connectivity index (χ3n) is 2.72. The lowest BCUT2D eigenvalue weighted by Gasteiger charge is -2.05. The van der Waals surface area contributed by atoms with Gasteiger partial charge in [-0.2, -0.15) is 0 Å². The van der Waals surface area contributed by atoms with Crippen molar-refractivity contribution >= 4 is 37.0 Å². The van der Waals surface area contributed by atoms with E-state index in [2.05, 4.69) is 5.32 Å². The molecule has 0 aliphatic carbocycles. The Bertz CT molecular complexity index is 786. The van der Waals surface area contributed by atoms with Crippen molar-refractivity contribution in [2.45, 2.75) is 17.7 Å². The fourth-order valence-electron chi connectivity index (χ4n) is 1.64. The summed E-state index contributed by atoms with van der Waals surface area (Å²) < 4.78 is 35.4. The van der Waals surface area contributed by atoms with Crippen LogP contribution in [0.5, 0.6) is 0 Å². The largest absolute Gasteiger partial charge is 0.347 e. The summed E-state index contributed by atoms with van der Waals surface area (Å²) in [4.78, 5) is 12.6. The van der Waals surface area contributed by atoms with E-state index < -0.39 is 9.05 Å². The highest BCUT2D eigenvalue weighted by Crippen LogP contribution is 2.24. The Hall–Kier alpha value is -1.44. The zero-order valence-electron chi connectivity index (χ0n) is 10.9. The van der Waals surface area contributed by atoms with Crippen molar-refractivity contribution in [2.24, 2.45) is 0 Å². The lowest BCUT2D eigenvalue weighted by molar-refractivity contribution is 0.0951. The van der Waals surface area contributed by atoms with E-state index in [1.165, 1.54) is 24.3 Å². The third kappa shape index (κ3) is 4.03. The standard InChI is InChI=1S/C13H11ClFNO3S2/c1-8-6-9(2-4-11(8)15)13(17)16-7-10-3-5-12(20-10)21(14,18)19/h2-6H,7H2,1H3,(H,16,17). The molecule has 1 aromatic heterocycles. The van der Waals surface area contributed by atoms with Crippen molar-refractivity contribution in [3.8, 4) is 0 Å². The van der Waals surface area contributed by atoms with E-state index in [9.17, 15) is 17.6 Å². The molecule has 0 fully saturated rings. The topological polar surface area (TPSA) is 63.2 Å². The van der Waals surface area contributed by atoms with Crippen LogP contribution in [0.15, 0.2) is 34.5 Å². The van der Waals surface area contributed by atoms with Crippen molar-refractivity contribution in [3.05, 3.63) is 52.2 Å². The molecule has 1 N–H and O–H groups in total. The van der Waals surface area contributed by atoms with E-state index in [-0.39, 0.29) is 22.5 Å². The van der Waals surface area contributed by atoms with Crippen LogP contribution in [0.3, 0.4) is 0 Å². The monoisotopic (exact) mass is 347 g/mol. The number of hydrogen-bond donors (Lipinski definition) is 1. The predicted molar refractivity (Wildman–Crippen MR) is 79.7 cm³/mol. The van der Waals surface area contributed by atoms with E-state index in [1.807, 2.05) is 0 Å². The van der Waals surface area contributed by atoms with Crippen LogP contribution in [-0.2, 0) is 15.6 Å². The zero-order valence-corrected chi connectivity index (χ0v) is 13.3. The van der Waals surface area contributed by atoms with Crippen molar-refractivity contribution in [1.82, 2.24) is 5.32 Å².